The van der Waals surface area contributed by atoms with E-state index in [1.165, 1.54) is 0 Å². The van der Waals surface area contributed by atoms with E-state index in [1.807, 2.05) is 0 Å². The molecule has 0 heterocycles. The topological polar surface area (TPSA) is 0 Å². The zero-order chi connectivity index (χ0) is 0. The van der Waals surface area contributed by atoms with Crippen molar-refractivity contribution in [3.8, 4) is 0 Å². The Balaban J connectivity index is 0. The molecule has 0 rings (SSSR count). The Labute approximate surface area is 432 Å². The highest BCUT2D eigenvalue weighted by Crippen LogP contribution is 0.705. The summed E-state index contributed by atoms with van der Waals surface area (Å²) in [5.74, 6) is 0. The van der Waals surface area contributed by atoms with Crippen molar-refractivity contribution in [1.29, 1.82) is 0 Å². The third-order valence-electron chi connectivity index (χ3n) is 0. The molecule has 0 spiro atoms. The van der Waals surface area contributed by atoms with Crippen LogP contribution in [-0.2, 0) is 0 Å². The van der Waals surface area contributed by atoms with E-state index in [2.05, 4.69) is 0 Å². The first kappa shape index (κ1) is 486. The number of hydrogen-bond donors (Lipinski definition) is 0. The van der Waals surface area contributed by atoms with Gasteiger partial charge in [-0.15, -0.1) is 199 Å². The van der Waals surface area contributed by atoms with E-state index < -0.39 is 0 Å². The zero-order valence-corrected chi connectivity index (χ0v) is 19.6. The minimum Gasteiger partial charge on any atom is -0.147 e. The lowest BCUT2D eigenvalue weighted by molar-refractivity contribution is 5.75. The van der Waals surface area contributed by atoms with Gasteiger partial charge in [0.05, 0.1) is 0 Å². The molecule has 0 bridgehead atoms. The summed E-state index contributed by atoms with van der Waals surface area (Å²) in [7, 11) is 0. The minimum absolute atomic E-state index is 0. The van der Waals surface area contributed by atoms with Gasteiger partial charge in [0.2, 0.25) is 0 Å². The van der Waals surface area contributed by atoms with Crippen molar-refractivity contribution < 1.29 is 0 Å². The molecule has 0 aliphatic rings. The molecule has 0 aliphatic carbocycles. The Morgan fingerprint density at radius 1 is 0.0667 bits per heavy atom. The quantitative estimate of drug-likeness (QED) is 0.212. The third kappa shape index (κ3) is 419. The smallest absolute Gasteiger partial charge is 0.147 e. The summed E-state index contributed by atoms with van der Waals surface area (Å²) in [6, 6.07) is 0. The van der Waals surface area contributed by atoms with Gasteiger partial charge >= 0.3 is 0 Å². The van der Waals surface area contributed by atoms with E-state index in [-0.39, 0.29) is 442 Å². The van der Waals surface area contributed by atoms with Crippen LogP contribution in [0.5, 0.6) is 0 Å². The van der Waals surface area contributed by atoms with Crippen LogP contribution in [0.4, 0.5) is 0 Å². The van der Waals surface area contributed by atoms with Crippen molar-refractivity contribution in [2.24, 2.45) is 0 Å². The monoisotopic (exact) mass is 996 g/mol. The molecule has 0 aromatic rings. The Morgan fingerprint density at radius 3 is 0.0667 bits per heavy atom. The van der Waals surface area contributed by atoms with Crippen molar-refractivity contribution >= 4 is 442 Å². The molecule has 0 aromatic carbocycles. The standard InChI is InChI=1S/14Al.16ClH.42H/h;;;;;;;;;;;;;;16*1H;;;;;;;;;;;;;;;;;;;;;;;;;;;;;;;;;;;;;;;;;;. The third-order valence-corrected chi connectivity index (χ3v) is 0. The van der Waals surface area contributed by atoms with Gasteiger partial charge in [-0.2, -0.15) is 0 Å². The lowest BCUT2D eigenvalue weighted by Gasteiger charge is -0.148. The highest BCUT2D eigenvalue weighted by molar-refractivity contribution is 5.87. The van der Waals surface area contributed by atoms with E-state index >= 15 is 0 Å². The van der Waals surface area contributed by atoms with Crippen LogP contribution in [0.2, 0.25) is 0 Å². The summed E-state index contributed by atoms with van der Waals surface area (Å²) >= 11 is 0. The number of rotatable bonds is 0. The van der Waals surface area contributed by atoms with Crippen LogP contribution >= 0.6 is 199 Å². The minimum atomic E-state index is 0. The Hall–Kier alpha value is 12.1. The first-order chi connectivity index (χ1) is 0. The largest absolute Gasteiger partial charge is 0.187 e. The van der Waals surface area contributed by atoms with Gasteiger partial charge in [-0.05, 0) is 0 Å². The van der Waals surface area contributed by atoms with E-state index in [1.54, 1.807) is 0 Å². The molecule has 0 radical (unpaired) electrons. The lowest BCUT2D eigenvalue weighted by Crippen LogP contribution is -0.382. The van der Waals surface area contributed by atoms with Gasteiger partial charge in [0.1, 0.15) is 0 Å². The average molecular weight is 1000 g/mol. The first-order valence-electron chi connectivity index (χ1n) is 0. The van der Waals surface area contributed by atoms with E-state index in [0.29, 0.717) is 0 Å². The molecule has 0 saturated heterocycles. The van der Waals surface area contributed by atoms with Gasteiger partial charge in [-0.3, -0.25) is 0 Å². The second-order valence-electron chi connectivity index (χ2n) is 0. The predicted octanol–water partition coefficient (Wildman–Crippen LogP) is -9.83. The molecular formula is H58Al14Cl16. The lowest BCUT2D eigenvalue weighted by atomic mass is 27.0. The molecule has 0 fully saturated rings. The Kier molecular flexibility index (Phi) is 7320. The van der Waals surface area contributed by atoms with Crippen LogP contribution in [0.15, 0.2) is 0 Å². The van der Waals surface area contributed by atoms with Crippen LogP contribution in [0, 0.1) is 0 Å². The van der Waals surface area contributed by atoms with Crippen LogP contribution in [0.25, 0.3) is 0 Å². The van der Waals surface area contributed by atoms with Crippen molar-refractivity contribution in [2.75, 3.05) is 0 Å². The molecule has 30 heavy (non-hydrogen) atoms. The summed E-state index contributed by atoms with van der Waals surface area (Å²) in [6.45, 7) is 0. The van der Waals surface area contributed by atoms with Crippen LogP contribution in [0.1, 0.15) is 0 Å². The van der Waals surface area contributed by atoms with E-state index in [0.717, 1.165) is 0 Å². The molecule has 212 valence electrons. The van der Waals surface area contributed by atoms with Gasteiger partial charge in [0, 0.05) is 0 Å². The highest BCUT2D eigenvalue weighted by atomic mass is 35.5. The molecular weight excluding hydrogens is 945 g/mol. The summed E-state index contributed by atoms with van der Waals surface area (Å²) in [5, 5.41) is 0. The van der Waals surface area contributed by atoms with Crippen molar-refractivity contribution in [2.45, 2.75) is 0 Å². The summed E-state index contributed by atoms with van der Waals surface area (Å²) in [5.41, 5.74) is 0. The second kappa shape index (κ2) is 452. The molecule has 0 amide bonds. The highest BCUT2D eigenvalue weighted by Gasteiger charge is 0.200. The fourth-order valence-corrected chi connectivity index (χ4v) is 0. The summed E-state index contributed by atoms with van der Waals surface area (Å²) in [4.78, 5) is 0. The van der Waals surface area contributed by atoms with Crippen LogP contribution in [0.3, 0.4) is 0 Å². The molecule has 0 aliphatic heterocycles. The maximum Gasteiger partial charge on any atom is 0.187 e. The Morgan fingerprint density at radius 2 is 0.0667 bits per heavy atom. The van der Waals surface area contributed by atoms with Crippen molar-refractivity contribution in [3.05, 3.63) is 0 Å². The number of halogens is 16. The van der Waals surface area contributed by atoms with E-state index in [9.17, 15) is 0 Å². The average Bonchev–Trinajstić information content (AvgIpc) is 0. The summed E-state index contributed by atoms with van der Waals surface area (Å²) in [6.07, 6.45) is 0. The zero-order valence-electron chi connectivity index (χ0n) is 6.53. The van der Waals surface area contributed by atoms with E-state index in [4.69, 9.17) is 0 Å². The normalized spacial score (nSPS) is 0. The maximum absolute atomic E-state index is 0. The number of hydrogen-bond acceptors (Lipinski definition) is 0. The fraction of sp³-hybridized carbons (Fsp3) is 0. The summed E-state index contributed by atoms with van der Waals surface area (Å²) < 4.78 is 0. The van der Waals surface area contributed by atoms with Gasteiger partial charge in [0.15, 0.2) is 243 Å². The molecule has 30 heteroatoms. The van der Waals surface area contributed by atoms with Crippen LogP contribution < -0.4 is 0 Å². The van der Waals surface area contributed by atoms with Gasteiger partial charge in [0.25, 0.3) is 0 Å². The molecule has 0 unspecified atom stereocenters. The van der Waals surface area contributed by atoms with Crippen molar-refractivity contribution in [1.82, 2.24) is 0 Å². The SMILES string of the molecule is Cl.Cl.Cl.Cl.Cl.Cl.Cl.Cl.Cl.Cl.Cl.Cl.Cl.Cl.Cl.Cl.[AlH3].[AlH3].[AlH3].[AlH3].[AlH3].[AlH3].[AlH3].[AlH3].[AlH3].[AlH3].[AlH3].[AlH3].[AlH3].[AlH3]. The van der Waals surface area contributed by atoms with Crippen molar-refractivity contribution in [3.63, 3.8) is 0 Å². The fourth-order valence-electron chi connectivity index (χ4n) is 0. The maximum atomic E-state index is 0. The molecule has 0 nitrogen and oxygen atoms in total. The molecule has 0 atom stereocenters. The predicted molar refractivity (Wildman–Crippen MR) is 255 cm³/mol. The Bertz CT molecular complexity index is 29.9. The first-order valence-corrected chi connectivity index (χ1v) is 0. The molecule has 0 aromatic heterocycles. The molecule has 0 saturated carbocycles. The van der Waals surface area contributed by atoms with Gasteiger partial charge < -0.3 is 0 Å². The van der Waals surface area contributed by atoms with Gasteiger partial charge in [-0.1, -0.05) is 0 Å². The van der Waals surface area contributed by atoms with Gasteiger partial charge in [-0.25, -0.2) is 0 Å². The van der Waals surface area contributed by atoms with Crippen LogP contribution in [-0.4, -0.2) is 243 Å². The molecule has 0 N–H and O–H groups in total. The second-order valence-corrected chi connectivity index (χ2v) is 0.